The number of rotatable bonds is 2. The highest BCUT2D eigenvalue weighted by Gasteiger charge is 2.21. The third-order valence-electron chi connectivity index (χ3n) is 3.28. The number of hydrogen-bond donors (Lipinski definition) is 2. The molecule has 0 saturated heterocycles. The molecular formula is C13H16ClFN2O. The standard InChI is InChI=1S/C13H16ClFN2O/c14-8-1-6-12(15)11(7-8)13(18)17-10-4-2-9(16)3-5-10/h1,6-7,9-10H,2-5,16H2,(H,17,18). The van der Waals surface area contributed by atoms with Crippen molar-refractivity contribution in [2.75, 3.05) is 0 Å². The van der Waals surface area contributed by atoms with E-state index in [1.165, 1.54) is 18.2 Å². The van der Waals surface area contributed by atoms with Gasteiger partial charge in [0, 0.05) is 17.1 Å². The second kappa shape index (κ2) is 5.67. The predicted octanol–water partition coefficient (Wildman–Crippen LogP) is 2.48. The fourth-order valence-electron chi connectivity index (χ4n) is 2.20. The molecule has 0 unspecified atom stereocenters. The van der Waals surface area contributed by atoms with Gasteiger partial charge in [0.05, 0.1) is 5.56 Å². The summed E-state index contributed by atoms with van der Waals surface area (Å²) in [4.78, 5) is 11.9. The monoisotopic (exact) mass is 270 g/mol. The molecule has 0 atom stereocenters. The summed E-state index contributed by atoms with van der Waals surface area (Å²) in [5, 5.41) is 3.18. The van der Waals surface area contributed by atoms with Gasteiger partial charge in [-0.3, -0.25) is 4.79 Å². The molecule has 0 bridgehead atoms. The summed E-state index contributed by atoms with van der Waals surface area (Å²) in [7, 11) is 0. The van der Waals surface area contributed by atoms with Gasteiger partial charge in [0.1, 0.15) is 5.82 Å². The third-order valence-corrected chi connectivity index (χ3v) is 3.52. The first-order valence-corrected chi connectivity index (χ1v) is 6.45. The van der Waals surface area contributed by atoms with Crippen LogP contribution >= 0.6 is 11.6 Å². The van der Waals surface area contributed by atoms with E-state index in [0.717, 1.165) is 25.7 Å². The molecule has 1 aromatic rings. The van der Waals surface area contributed by atoms with E-state index in [0.29, 0.717) is 5.02 Å². The lowest BCUT2D eigenvalue weighted by molar-refractivity contribution is 0.0922. The summed E-state index contributed by atoms with van der Waals surface area (Å²) >= 11 is 5.76. The van der Waals surface area contributed by atoms with Crippen LogP contribution in [0.2, 0.25) is 5.02 Å². The van der Waals surface area contributed by atoms with Crippen LogP contribution in [0.3, 0.4) is 0 Å². The molecule has 0 aromatic heterocycles. The number of nitrogens with one attached hydrogen (secondary N) is 1. The van der Waals surface area contributed by atoms with Crippen molar-refractivity contribution in [1.29, 1.82) is 0 Å². The molecule has 0 aliphatic heterocycles. The fraction of sp³-hybridized carbons (Fsp3) is 0.462. The molecule has 1 saturated carbocycles. The Morgan fingerprint density at radius 2 is 2.00 bits per heavy atom. The van der Waals surface area contributed by atoms with Crippen LogP contribution < -0.4 is 11.1 Å². The van der Waals surface area contributed by atoms with E-state index in [-0.39, 0.29) is 17.6 Å². The zero-order valence-corrected chi connectivity index (χ0v) is 10.7. The lowest BCUT2D eigenvalue weighted by Crippen LogP contribution is -2.40. The van der Waals surface area contributed by atoms with Crippen molar-refractivity contribution >= 4 is 17.5 Å². The smallest absolute Gasteiger partial charge is 0.254 e. The molecule has 1 amide bonds. The van der Waals surface area contributed by atoms with Crippen LogP contribution in [-0.4, -0.2) is 18.0 Å². The van der Waals surface area contributed by atoms with Gasteiger partial charge in [0.2, 0.25) is 0 Å². The van der Waals surface area contributed by atoms with Crippen molar-refractivity contribution in [2.45, 2.75) is 37.8 Å². The minimum atomic E-state index is -0.551. The third kappa shape index (κ3) is 3.21. The van der Waals surface area contributed by atoms with Gasteiger partial charge >= 0.3 is 0 Å². The molecule has 0 spiro atoms. The Kier molecular flexibility index (Phi) is 4.19. The maximum Gasteiger partial charge on any atom is 0.254 e. The molecule has 1 aliphatic carbocycles. The van der Waals surface area contributed by atoms with Gasteiger partial charge in [-0.25, -0.2) is 4.39 Å². The summed E-state index contributed by atoms with van der Waals surface area (Å²) in [6, 6.07) is 4.28. The van der Waals surface area contributed by atoms with Crippen LogP contribution in [0.15, 0.2) is 18.2 Å². The largest absolute Gasteiger partial charge is 0.349 e. The molecule has 0 heterocycles. The molecule has 5 heteroatoms. The molecule has 18 heavy (non-hydrogen) atoms. The first-order chi connectivity index (χ1) is 8.56. The average Bonchev–Trinajstić information content (AvgIpc) is 2.35. The van der Waals surface area contributed by atoms with Gasteiger partial charge in [0.15, 0.2) is 0 Å². The van der Waals surface area contributed by atoms with Gasteiger partial charge in [-0.05, 0) is 43.9 Å². The number of carbonyl (C=O) groups is 1. The number of carbonyl (C=O) groups excluding carboxylic acids is 1. The summed E-state index contributed by atoms with van der Waals surface area (Å²) in [6.07, 6.45) is 3.47. The lowest BCUT2D eigenvalue weighted by atomic mass is 9.91. The second-order valence-corrected chi connectivity index (χ2v) is 5.15. The topological polar surface area (TPSA) is 55.1 Å². The molecule has 1 fully saturated rings. The minimum absolute atomic E-state index is 0.00243. The highest BCUT2D eigenvalue weighted by atomic mass is 35.5. The predicted molar refractivity (Wildman–Crippen MR) is 69.1 cm³/mol. The Morgan fingerprint density at radius 1 is 1.33 bits per heavy atom. The SMILES string of the molecule is NC1CCC(NC(=O)c2cc(Cl)ccc2F)CC1. The van der Waals surface area contributed by atoms with E-state index in [1.54, 1.807) is 0 Å². The molecule has 2 rings (SSSR count). The molecule has 0 radical (unpaired) electrons. The Bertz CT molecular complexity index is 445. The molecule has 1 aromatic carbocycles. The normalized spacial score (nSPS) is 23.7. The van der Waals surface area contributed by atoms with E-state index >= 15 is 0 Å². The Balaban J connectivity index is 2.01. The maximum atomic E-state index is 13.5. The summed E-state index contributed by atoms with van der Waals surface area (Å²) in [5.41, 5.74) is 5.79. The van der Waals surface area contributed by atoms with Crippen LogP contribution in [-0.2, 0) is 0 Å². The van der Waals surface area contributed by atoms with E-state index in [4.69, 9.17) is 17.3 Å². The fourth-order valence-corrected chi connectivity index (χ4v) is 2.37. The van der Waals surface area contributed by atoms with Crippen molar-refractivity contribution < 1.29 is 9.18 Å². The van der Waals surface area contributed by atoms with Crippen LogP contribution in [0, 0.1) is 5.82 Å². The lowest BCUT2D eigenvalue weighted by Gasteiger charge is -2.26. The molecule has 3 nitrogen and oxygen atoms in total. The highest BCUT2D eigenvalue weighted by Crippen LogP contribution is 2.19. The molecule has 3 N–H and O–H groups in total. The quantitative estimate of drug-likeness (QED) is 0.867. The van der Waals surface area contributed by atoms with Crippen molar-refractivity contribution in [1.82, 2.24) is 5.32 Å². The first kappa shape index (κ1) is 13.3. The first-order valence-electron chi connectivity index (χ1n) is 6.08. The number of benzene rings is 1. The molecule has 98 valence electrons. The van der Waals surface area contributed by atoms with Crippen LogP contribution in [0.4, 0.5) is 4.39 Å². The zero-order valence-electron chi connectivity index (χ0n) is 9.96. The van der Waals surface area contributed by atoms with Crippen molar-refractivity contribution in [3.63, 3.8) is 0 Å². The highest BCUT2D eigenvalue weighted by molar-refractivity contribution is 6.31. The van der Waals surface area contributed by atoms with Gasteiger partial charge in [-0.15, -0.1) is 0 Å². The van der Waals surface area contributed by atoms with Crippen LogP contribution in [0.25, 0.3) is 0 Å². The van der Waals surface area contributed by atoms with E-state index < -0.39 is 11.7 Å². The summed E-state index contributed by atoms with van der Waals surface area (Å²) in [5.74, 6) is -0.958. The summed E-state index contributed by atoms with van der Waals surface area (Å²) in [6.45, 7) is 0. The van der Waals surface area contributed by atoms with Gasteiger partial charge < -0.3 is 11.1 Å². The Hall–Kier alpha value is -1.13. The number of halogens is 2. The van der Waals surface area contributed by atoms with Gasteiger partial charge in [-0.1, -0.05) is 11.6 Å². The van der Waals surface area contributed by atoms with Gasteiger partial charge in [-0.2, -0.15) is 0 Å². The number of amides is 1. The van der Waals surface area contributed by atoms with E-state index in [2.05, 4.69) is 5.32 Å². The van der Waals surface area contributed by atoms with Gasteiger partial charge in [0.25, 0.3) is 5.91 Å². The van der Waals surface area contributed by atoms with Crippen LogP contribution in [0.1, 0.15) is 36.0 Å². The van der Waals surface area contributed by atoms with Crippen LogP contribution in [0.5, 0.6) is 0 Å². The zero-order chi connectivity index (χ0) is 13.1. The average molecular weight is 271 g/mol. The second-order valence-electron chi connectivity index (χ2n) is 4.71. The molecule has 1 aliphatic rings. The Morgan fingerprint density at radius 3 is 2.67 bits per heavy atom. The van der Waals surface area contributed by atoms with Crippen molar-refractivity contribution in [3.05, 3.63) is 34.6 Å². The van der Waals surface area contributed by atoms with E-state index in [1.807, 2.05) is 0 Å². The van der Waals surface area contributed by atoms with E-state index in [9.17, 15) is 9.18 Å². The van der Waals surface area contributed by atoms with Crippen molar-refractivity contribution in [3.8, 4) is 0 Å². The summed E-state index contributed by atoms with van der Waals surface area (Å²) < 4.78 is 13.5. The Labute approximate surface area is 111 Å². The number of hydrogen-bond acceptors (Lipinski definition) is 2. The maximum absolute atomic E-state index is 13.5. The molecular weight excluding hydrogens is 255 g/mol. The van der Waals surface area contributed by atoms with Crippen molar-refractivity contribution in [2.24, 2.45) is 5.73 Å². The minimum Gasteiger partial charge on any atom is -0.349 e. The number of nitrogens with two attached hydrogens (primary N) is 1.